The van der Waals surface area contributed by atoms with Crippen LogP contribution in [0.5, 0.6) is 0 Å². The van der Waals surface area contributed by atoms with E-state index in [-0.39, 0.29) is 11.8 Å². The normalized spacial score (nSPS) is 23.8. The highest BCUT2D eigenvalue weighted by Gasteiger charge is 2.32. The van der Waals surface area contributed by atoms with E-state index in [2.05, 4.69) is 15.8 Å². The molecular weight excluding hydrogens is 353 g/mol. The Morgan fingerprint density at radius 3 is 2.96 bits per heavy atom. The summed E-state index contributed by atoms with van der Waals surface area (Å²) in [6.07, 6.45) is 1.96. The van der Waals surface area contributed by atoms with Crippen LogP contribution in [-0.2, 0) is 14.4 Å². The summed E-state index contributed by atoms with van der Waals surface area (Å²) in [6.45, 7) is 0.646. The molecule has 2 heterocycles. The lowest BCUT2D eigenvalue weighted by atomic mass is 10.0. The Kier molecular flexibility index (Phi) is 5.26. The van der Waals surface area contributed by atoms with Crippen LogP contribution in [0.15, 0.2) is 23.4 Å². The first-order valence-electron chi connectivity index (χ1n) is 7.81. The van der Waals surface area contributed by atoms with E-state index in [0.717, 1.165) is 12.8 Å². The standard InChI is InChI=1S/C16H17Cl2N3O3/c17-9-4-5-10(11(18)7-9)13-8-14(24-21-13)16(23)20-12-3-1-2-6-19-15(12)22/h4-5,7,12,14H,1-3,6,8H2,(H,19,22)(H,20,23)/t12-,14+/m0/s1. The van der Waals surface area contributed by atoms with Gasteiger partial charge in [-0.05, 0) is 31.4 Å². The van der Waals surface area contributed by atoms with Crippen LogP contribution < -0.4 is 10.6 Å². The fraction of sp³-hybridized carbons (Fsp3) is 0.438. The Bertz CT molecular complexity index is 693. The molecule has 0 radical (unpaired) electrons. The van der Waals surface area contributed by atoms with E-state index in [0.29, 0.717) is 40.7 Å². The molecule has 0 bridgehead atoms. The average molecular weight is 370 g/mol. The SMILES string of the molecule is O=C1NCCCC[C@@H]1NC(=O)[C@H]1CC(c2ccc(Cl)cc2Cl)=NO1. The zero-order chi connectivity index (χ0) is 17.1. The van der Waals surface area contributed by atoms with Crippen LogP contribution in [0.3, 0.4) is 0 Å². The van der Waals surface area contributed by atoms with Crippen molar-refractivity contribution in [2.24, 2.45) is 5.16 Å². The highest BCUT2D eigenvalue weighted by atomic mass is 35.5. The topological polar surface area (TPSA) is 79.8 Å². The second-order valence-corrected chi connectivity index (χ2v) is 6.65. The highest BCUT2D eigenvalue weighted by Crippen LogP contribution is 2.26. The third-order valence-corrected chi connectivity index (χ3v) is 4.60. The lowest BCUT2D eigenvalue weighted by Crippen LogP contribution is -2.48. The molecule has 2 atom stereocenters. The minimum absolute atomic E-state index is 0.152. The summed E-state index contributed by atoms with van der Waals surface area (Å²) in [5, 5.41) is 10.5. The number of hydrogen-bond acceptors (Lipinski definition) is 4. The third-order valence-electron chi connectivity index (χ3n) is 4.06. The molecule has 1 fully saturated rings. The van der Waals surface area contributed by atoms with Crippen molar-refractivity contribution in [3.05, 3.63) is 33.8 Å². The Morgan fingerprint density at radius 1 is 1.33 bits per heavy atom. The van der Waals surface area contributed by atoms with Gasteiger partial charge >= 0.3 is 0 Å². The number of nitrogens with zero attached hydrogens (tertiary/aromatic N) is 1. The van der Waals surface area contributed by atoms with E-state index in [9.17, 15) is 9.59 Å². The van der Waals surface area contributed by atoms with Crippen molar-refractivity contribution >= 4 is 40.7 Å². The number of benzene rings is 1. The number of rotatable bonds is 3. The summed E-state index contributed by atoms with van der Waals surface area (Å²) in [5.41, 5.74) is 1.27. The van der Waals surface area contributed by atoms with Gasteiger partial charge in [0.05, 0.1) is 10.7 Å². The molecule has 0 aromatic heterocycles. The number of carbonyl (C=O) groups is 2. The van der Waals surface area contributed by atoms with Crippen LogP contribution in [0.2, 0.25) is 10.0 Å². The summed E-state index contributed by atoms with van der Waals surface area (Å²) in [6, 6.07) is 4.54. The lowest BCUT2D eigenvalue weighted by molar-refractivity contribution is -0.135. The molecule has 0 unspecified atom stereocenters. The molecule has 1 aromatic carbocycles. The van der Waals surface area contributed by atoms with Crippen LogP contribution in [0.1, 0.15) is 31.2 Å². The van der Waals surface area contributed by atoms with E-state index in [1.165, 1.54) is 0 Å². The summed E-state index contributed by atoms with van der Waals surface area (Å²) >= 11 is 12.0. The van der Waals surface area contributed by atoms with Gasteiger partial charge in [0, 0.05) is 23.6 Å². The van der Waals surface area contributed by atoms with Crippen LogP contribution in [0.25, 0.3) is 0 Å². The summed E-state index contributed by atoms with van der Waals surface area (Å²) < 4.78 is 0. The zero-order valence-electron chi connectivity index (χ0n) is 12.9. The van der Waals surface area contributed by atoms with Crippen molar-refractivity contribution < 1.29 is 14.4 Å². The second-order valence-electron chi connectivity index (χ2n) is 5.81. The van der Waals surface area contributed by atoms with Gasteiger partial charge in [0.1, 0.15) is 6.04 Å². The molecule has 0 spiro atoms. The summed E-state index contributed by atoms with van der Waals surface area (Å²) in [5.74, 6) is -0.498. The van der Waals surface area contributed by atoms with Crippen LogP contribution in [0, 0.1) is 0 Å². The van der Waals surface area contributed by atoms with E-state index in [1.54, 1.807) is 18.2 Å². The van der Waals surface area contributed by atoms with E-state index in [1.807, 2.05) is 0 Å². The van der Waals surface area contributed by atoms with Crippen molar-refractivity contribution in [2.45, 2.75) is 37.8 Å². The molecule has 24 heavy (non-hydrogen) atoms. The lowest BCUT2D eigenvalue weighted by Gasteiger charge is -2.17. The molecule has 128 valence electrons. The molecule has 6 nitrogen and oxygen atoms in total. The van der Waals surface area contributed by atoms with Crippen LogP contribution in [-0.4, -0.2) is 36.2 Å². The maximum absolute atomic E-state index is 12.3. The van der Waals surface area contributed by atoms with Crippen molar-refractivity contribution in [1.82, 2.24) is 10.6 Å². The van der Waals surface area contributed by atoms with Gasteiger partial charge in [0.2, 0.25) is 12.0 Å². The van der Waals surface area contributed by atoms with E-state index in [4.69, 9.17) is 28.0 Å². The number of halogens is 2. The monoisotopic (exact) mass is 369 g/mol. The van der Waals surface area contributed by atoms with Crippen molar-refractivity contribution in [2.75, 3.05) is 6.54 Å². The van der Waals surface area contributed by atoms with Gasteiger partial charge in [0.25, 0.3) is 5.91 Å². The second kappa shape index (κ2) is 7.40. The Labute approximate surface area is 149 Å². The van der Waals surface area contributed by atoms with Gasteiger partial charge in [-0.3, -0.25) is 9.59 Å². The fourth-order valence-corrected chi connectivity index (χ4v) is 3.26. The maximum atomic E-state index is 12.3. The van der Waals surface area contributed by atoms with Gasteiger partial charge in [0.15, 0.2) is 0 Å². The van der Waals surface area contributed by atoms with E-state index >= 15 is 0 Å². The molecule has 3 rings (SSSR count). The molecule has 1 aromatic rings. The molecule has 8 heteroatoms. The van der Waals surface area contributed by atoms with Gasteiger partial charge in [-0.2, -0.15) is 0 Å². The minimum Gasteiger partial charge on any atom is -0.382 e. The predicted octanol–water partition coefficient (Wildman–Crippen LogP) is 2.27. The van der Waals surface area contributed by atoms with Crippen molar-refractivity contribution in [1.29, 1.82) is 0 Å². The minimum atomic E-state index is -0.761. The van der Waals surface area contributed by atoms with Crippen molar-refractivity contribution in [3.8, 4) is 0 Å². The molecule has 2 aliphatic rings. The number of oxime groups is 1. The Balaban J connectivity index is 1.61. The molecule has 0 saturated carbocycles. The number of amides is 2. The zero-order valence-corrected chi connectivity index (χ0v) is 14.4. The first-order valence-corrected chi connectivity index (χ1v) is 8.56. The number of carbonyl (C=O) groups excluding carboxylic acids is 2. The molecule has 2 N–H and O–H groups in total. The smallest absolute Gasteiger partial charge is 0.264 e. The fourth-order valence-electron chi connectivity index (χ4n) is 2.74. The molecule has 1 saturated heterocycles. The highest BCUT2D eigenvalue weighted by molar-refractivity contribution is 6.37. The maximum Gasteiger partial charge on any atom is 0.264 e. The van der Waals surface area contributed by atoms with Crippen LogP contribution in [0.4, 0.5) is 0 Å². The summed E-state index contributed by atoms with van der Waals surface area (Å²) in [4.78, 5) is 29.5. The van der Waals surface area contributed by atoms with Crippen molar-refractivity contribution in [3.63, 3.8) is 0 Å². The first-order chi connectivity index (χ1) is 11.5. The number of nitrogens with one attached hydrogen (secondary N) is 2. The molecule has 2 amide bonds. The third kappa shape index (κ3) is 3.82. The predicted molar refractivity (Wildman–Crippen MR) is 91.3 cm³/mol. The Morgan fingerprint density at radius 2 is 2.17 bits per heavy atom. The summed E-state index contributed by atoms with van der Waals surface area (Å²) in [7, 11) is 0. The molecule has 0 aliphatic carbocycles. The van der Waals surface area contributed by atoms with Gasteiger partial charge in [-0.25, -0.2) is 0 Å². The first kappa shape index (κ1) is 17.0. The van der Waals surface area contributed by atoms with Crippen LogP contribution >= 0.6 is 23.2 Å². The molecular formula is C16H17Cl2N3O3. The Hall–Kier alpha value is -1.79. The average Bonchev–Trinajstić information content (AvgIpc) is 2.94. The largest absolute Gasteiger partial charge is 0.382 e. The van der Waals surface area contributed by atoms with Gasteiger partial charge in [-0.1, -0.05) is 34.4 Å². The van der Waals surface area contributed by atoms with Gasteiger partial charge < -0.3 is 15.5 Å². The number of hydrogen-bond donors (Lipinski definition) is 2. The molecule has 2 aliphatic heterocycles. The van der Waals surface area contributed by atoms with E-state index < -0.39 is 12.1 Å². The van der Waals surface area contributed by atoms with Gasteiger partial charge in [-0.15, -0.1) is 0 Å². The quantitative estimate of drug-likeness (QED) is 0.857.